The van der Waals surface area contributed by atoms with Gasteiger partial charge in [-0.15, -0.1) is 0 Å². The number of rotatable bonds is 7. The van der Waals surface area contributed by atoms with Gasteiger partial charge in [-0.1, -0.05) is 66.4 Å². The van der Waals surface area contributed by atoms with Gasteiger partial charge in [-0.2, -0.15) is 11.8 Å². The molecular weight excluding hydrogens is 789 g/mol. The quantitative estimate of drug-likeness (QED) is 0.138. The van der Waals surface area contributed by atoms with Crippen molar-refractivity contribution in [3.05, 3.63) is 142 Å². The summed E-state index contributed by atoms with van der Waals surface area (Å²) in [5.74, 6) is 0.627. The maximum Gasteiger partial charge on any atom is 0.304 e. The Morgan fingerprint density at radius 3 is 1.31 bits per heavy atom. The lowest BCUT2D eigenvalue weighted by Gasteiger charge is -2.09. The van der Waals surface area contributed by atoms with Crippen LogP contribution in [0.2, 0.25) is 0 Å². The second-order valence-corrected chi connectivity index (χ2v) is 18.9. The van der Waals surface area contributed by atoms with Crippen molar-refractivity contribution < 1.29 is 9.90 Å². The molecule has 6 nitrogen and oxygen atoms in total. The molecule has 61 heavy (non-hydrogen) atoms. The summed E-state index contributed by atoms with van der Waals surface area (Å²) in [5.41, 5.74) is 22.1. The fraction of sp³-hybridized carbons (Fsp3) is 0.189. The number of carbonyl (C=O) groups is 1. The number of carboxylic acid groups (broad SMARTS) is 1. The minimum Gasteiger partial charge on any atom is -0.481 e. The number of H-pyrrole nitrogens is 2. The monoisotopic (exact) mass is 834 g/mol. The Bertz CT molecular complexity index is 3330. The number of aryl methyl sites for hydroxylation is 7. The van der Waals surface area contributed by atoms with Crippen LogP contribution in [0.4, 0.5) is 0 Å². The van der Waals surface area contributed by atoms with E-state index >= 15 is 0 Å². The molecule has 0 atom stereocenters. The van der Waals surface area contributed by atoms with Gasteiger partial charge in [0.2, 0.25) is 0 Å². The van der Waals surface area contributed by atoms with E-state index in [0.29, 0.717) is 5.75 Å². The lowest BCUT2D eigenvalue weighted by molar-refractivity contribution is -0.136. The number of hydrogen-bond donors (Lipinski definition) is 3. The maximum atomic E-state index is 11.0. The van der Waals surface area contributed by atoms with Crippen LogP contribution in [0.15, 0.2) is 107 Å². The van der Waals surface area contributed by atoms with Gasteiger partial charge in [0.1, 0.15) is 0 Å². The first-order valence-electron chi connectivity index (χ1n) is 20.8. The molecule has 2 aliphatic heterocycles. The van der Waals surface area contributed by atoms with Gasteiger partial charge in [-0.25, -0.2) is 9.97 Å². The van der Waals surface area contributed by atoms with Crippen LogP contribution in [0.25, 0.3) is 88.6 Å². The SMILES string of the molecule is Cc1ccc(C)c2c1-c1cc3[nH]c(cc4nc(cc5[nH]c(cc-2n1)c1c(C)ccc(Sc2ccc(CSCCC(=O)O)cc2)c51)-c1c(C)ccc(C)c1-4)c1c(C)ccc(C)c31. The summed E-state index contributed by atoms with van der Waals surface area (Å²) >= 11 is 3.41. The van der Waals surface area contributed by atoms with Gasteiger partial charge >= 0.3 is 5.97 Å². The summed E-state index contributed by atoms with van der Waals surface area (Å²) in [6.45, 7) is 15.4. The normalized spacial score (nSPS) is 12.0. The highest BCUT2D eigenvalue weighted by molar-refractivity contribution is 7.99. The third kappa shape index (κ3) is 6.73. The van der Waals surface area contributed by atoms with Gasteiger partial charge in [0.15, 0.2) is 0 Å². The summed E-state index contributed by atoms with van der Waals surface area (Å²) in [6, 6.07) is 35.5. The van der Waals surface area contributed by atoms with Crippen LogP contribution < -0.4 is 0 Å². The van der Waals surface area contributed by atoms with Crippen LogP contribution in [-0.2, 0) is 10.5 Å². The zero-order valence-electron chi connectivity index (χ0n) is 35.4. The highest BCUT2D eigenvalue weighted by Crippen LogP contribution is 2.46. The Morgan fingerprint density at radius 2 is 0.885 bits per heavy atom. The zero-order valence-corrected chi connectivity index (χ0v) is 37.1. The number of fused-ring (bicyclic) bond motifs is 20. The average molecular weight is 835 g/mol. The second-order valence-electron chi connectivity index (χ2n) is 16.7. The number of benzene rings is 5. The Balaban J connectivity index is 1.29. The summed E-state index contributed by atoms with van der Waals surface area (Å²) in [7, 11) is 0. The molecule has 0 spiro atoms. The molecule has 3 N–H and O–H groups in total. The molecule has 8 bridgehead atoms. The van der Waals surface area contributed by atoms with Crippen LogP contribution in [0.5, 0.6) is 0 Å². The fourth-order valence-corrected chi connectivity index (χ4v) is 11.3. The third-order valence-corrected chi connectivity index (χ3v) is 14.5. The van der Waals surface area contributed by atoms with E-state index in [1.807, 2.05) is 0 Å². The van der Waals surface area contributed by atoms with Crippen molar-refractivity contribution in [2.75, 3.05) is 5.75 Å². The topological polar surface area (TPSA) is 94.7 Å². The fourth-order valence-electron chi connectivity index (χ4n) is 9.39. The van der Waals surface area contributed by atoms with E-state index in [9.17, 15) is 4.79 Å². The molecule has 302 valence electrons. The first-order chi connectivity index (χ1) is 29.4. The molecule has 0 fully saturated rings. The van der Waals surface area contributed by atoms with Crippen LogP contribution >= 0.6 is 23.5 Å². The van der Waals surface area contributed by atoms with Crippen LogP contribution in [0.3, 0.4) is 0 Å². The molecule has 5 aromatic carbocycles. The molecule has 8 aromatic rings. The van der Waals surface area contributed by atoms with Crippen LogP contribution in [0, 0.1) is 48.5 Å². The van der Waals surface area contributed by atoms with E-state index in [-0.39, 0.29) is 6.42 Å². The minimum atomic E-state index is -0.756. The number of nitrogens with zero attached hydrogens (tertiary/aromatic N) is 2. The Kier molecular flexibility index (Phi) is 9.68. The second kappa shape index (κ2) is 15.1. The Labute approximate surface area is 363 Å². The van der Waals surface area contributed by atoms with Crippen LogP contribution in [-0.4, -0.2) is 36.8 Å². The van der Waals surface area contributed by atoms with Crippen molar-refractivity contribution >= 4 is 73.1 Å². The van der Waals surface area contributed by atoms with Crippen molar-refractivity contribution in [2.24, 2.45) is 0 Å². The molecule has 0 saturated carbocycles. The highest BCUT2D eigenvalue weighted by atomic mass is 32.2. The molecule has 0 unspecified atom stereocenters. The molecule has 8 heteroatoms. The molecule has 0 radical (unpaired) electrons. The number of carboxylic acids is 1. The predicted octanol–water partition coefficient (Wildman–Crippen LogP) is 14.3. The number of hydrogen-bond acceptors (Lipinski definition) is 5. The molecule has 0 amide bonds. The Hall–Kier alpha value is -6.09. The number of aromatic amines is 2. The smallest absolute Gasteiger partial charge is 0.304 e. The molecule has 0 saturated heterocycles. The molecule has 10 rings (SSSR count). The average Bonchev–Trinajstić information content (AvgIpc) is 3.99. The summed E-state index contributed by atoms with van der Waals surface area (Å²) < 4.78 is 0. The number of nitrogens with one attached hydrogen (secondary N) is 2. The van der Waals surface area contributed by atoms with E-state index in [0.717, 1.165) is 71.3 Å². The number of aromatic nitrogens is 4. The first kappa shape index (κ1) is 39.1. The van der Waals surface area contributed by atoms with E-state index in [1.165, 1.54) is 77.4 Å². The zero-order chi connectivity index (χ0) is 42.3. The van der Waals surface area contributed by atoms with Crippen molar-refractivity contribution in [3.63, 3.8) is 0 Å². The summed E-state index contributed by atoms with van der Waals surface area (Å²) in [5, 5.41) is 13.8. The van der Waals surface area contributed by atoms with Gasteiger partial charge in [0.25, 0.3) is 0 Å². The van der Waals surface area contributed by atoms with Gasteiger partial charge in [-0.05, 0) is 135 Å². The van der Waals surface area contributed by atoms with Crippen molar-refractivity contribution in [1.82, 2.24) is 19.9 Å². The van der Waals surface area contributed by atoms with E-state index in [4.69, 9.17) is 15.1 Å². The lowest BCUT2D eigenvalue weighted by Crippen LogP contribution is -1.96. The van der Waals surface area contributed by atoms with E-state index in [1.54, 1.807) is 23.5 Å². The molecule has 0 aliphatic carbocycles. The first-order valence-corrected chi connectivity index (χ1v) is 22.8. The Morgan fingerprint density at radius 1 is 0.508 bits per heavy atom. The standard InChI is InChI=1S/C53H46N4O2S2/c1-27-8-9-28(2)47-37-23-39-49-30(4)12-13-32(6)51(49)41(56-39)25-43-53-44(61-35-17-15-34(16-18-35)26-60-21-20-45(58)59)19-14-33(7)52(53)42(57-43)24-40-50-31(5)11-10-29(3)48(50)38(55-40)22-36(54-37)46(27)47/h8-19,22-25,54,57H,20-21,26H2,1-7H3,(H,58,59). The van der Waals surface area contributed by atoms with Crippen molar-refractivity contribution in [3.8, 4) is 45.0 Å². The summed E-state index contributed by atoms with van der Waals surface area (Å²) in [4.78, 5) is 32.2. The van der Waals surface area contributed by atoms with E-state index < -0.39 is 5.97 Å². The van der Waals surface area contributed by atoms with Gasteiger partial charge in [-0.3, -0.25) is 4.79 Å². The number of thioether (sulfide) groups is 1. The third-order valence-electron chi connectivity index (χ3n) is 12.4. The molecule has 3 aromatic heterocycles. The largest absolute Gasteiger partial charge is 0.481 e. The molecule has 2 aliphatic rings. The lowest BCUT2D eigenvalue weighted by atomic mass is 9.94. The van der Waals surface area contributed by atoms with Gasteiger partial charge in [0, 0.05) is 87.2 Å². The maximum absolute atomic E-state index is 11.0. The van der Waals surface area contributed by atoms with Crippen LogP contribution in [0.1, 0.15) is 50.9 Å². The summed E-state index contributed by atoms with van der Waals surface area (Å²) in [6.07, 6.45) is 0.174. The van der Waals surface area contributed by atoms with Gasteiger partial charge in [0.05, 0.1) is 29.2 Å². The minimum absolute atomic E-state index is 0.174. The highest BCUT2D eigenvalue weighted by Gasteiger charge is 2.25. The van der Waals surface area contributed by atoms with Crippen molar-refractivity contribution in [1.29, 1.82) is 0 Å². The predicted molar refractivity (Wildman–Crippen MR) is 257 cm³/mol. The van der Waals surface area contributed by atoms with Gasteiger partial charge < -0.3 is 15.1 Å². The van der Waals surface area contributed by atoms with Crippen molar-refractivity contribution in [2.45, 2.75) is 70.4 Å². The molecular formula is C53H46N4O2S2. The number of aliphatic carboxylic acids is 1. The molecule has 5 heterocycles. The van der Waals surface area contributed by atoms with E-state index in [2.05, 4.69) is 155 Å².